The highest BCUT2D eigenvalue weighted by Crippen LogP contribution is 2.22. The third-order valence-corrected chi connectivity index (χ3v) is 3.82. The standard InChI is InChI=1S/C15H24N2O2/c1-15(2,13-9-6-10-19-13)11-16-14(18)17-12-7-4-3-5-8-12/h6,9-10,12H,3-5,7-8,11H2,1-2H3,(H2,16,17,18). The molecule has 2 amide bonds. The smallest absolute Gasteiger partial charge is 0.315 e. The van der Waals surface area contributed by atoms with Crippen LogP contribution in [0.15, 0.2) is 22.8 Å². The molecule has 1 saturated carbocycles. The van der Waals surface area contributed by atoms with Gasteiger partial charge in [0.2, 0.25) is 0 Å². The van der Waals surface area contributed by atoms with Crippen LogP contribution in [0.25, 0.3) is 0 Å². The zero-order valence-electron chi connectivity index (χ0n) is 11.9. The van der Waals surface area contributed by atoms with E-state index in [2.05, 4.69) is 24.5 Å². The molecule has 0 saturated heterocycles. The minimum absolute atomic E-state index is 0.0634. The SMILES string of the molecule is CC(C)(CNC(=O)NC1CCCCC1)c1ccco1. The fourth-order valence-electron chi connectivity index (χ4n) is 2.54. The number of furan rings is 1. The van der Waals surface area contributed by atoms with Gasteiger partial charge >= 0.3 is 6.03 Å². The first kappa shape index (κ1) is 14.0. The highest BCUT2D eigenvalue weighted by atomic mass is 16.3. The summed E-state index contributed by atoms with van der Waals surface area (Å²) in [5.41, 5.74) is -0.187. The summed E-state index contributed by atoms with van der Waals surface area (Å²) >= 11 is 0. The van der Waals surface area contributed by atoms with E-state index in [-0.39, 0.29) is 11.4 Å². The molecule has 0 aliphatic heterocycles. The van der Waals surface area contributed by atoms with Crippen molar-refractivity contribution < 1.29 is 9.21 Å². The van der Waals surface area contributed by atoms with Gasteiger partial charge in [0, 0.05) is 18.0 Å². The van der Waals surface area contributed by atoms with Gasteiger partial charge < -0.3 is 15.1 Å². The van der Waals surface area contributed by atoms with Crippen molar-refractivity contribution in [2.45, 2.75) is 57.4 Å². The Morgan fingerprint density at radius 2 is 2.11 bits per heavy atom. The zero-order chi connectivity index (χ0) is 13.7. The highest BCUT2D eigenvalue weighted by Gasteiger charge is 2.24. The second kappa shape index (κ2) is 6.13. The molecule has 0 aromatic carbocycles. The molecule has 2 N–H and O–H groups in total. The second-order valence-electron chi connectivity index (χ2n) is 6.02. The molecule has 0 radical (unpaired) electrons. The largest absolute Gasteiger partial charge is 0.469 e. The van der Waals surface area contributed by atoms with Crippen LogP contribution >= 0.6 is 0 Å². The molecule has 1 aromatic rings. The Hall–Kier alpha value is -1.45. The summed E-state index contributed by atoms with van der Waals surface area (Å²) in [5.74, 6) is 0.894. The Morgan fingerprint density at radius 1 is 1.37 bits per heavy atom. The molecule has 1 fully saturated rings. The van der Waals surface area contributed by atoms with Crippen LogP contribution < -0.4 is 10.6 Å². The number of hydrogen-bond donors (Lipinski definition) is 2. The van der Waals surface area contributed by atoms with Gasteiger partial charge in [0.25, 0.3) is 0 Å². The first-order chi connectivity index (χ1) is 9.08. The maximum atomic E-state index is 11.9. The van der Waals surface area contributed by atoms with Gasteiger partial charge in [0.15, 0.2) is 0 Å². The van der Waals surface area contributed by atoms with Gasteiger partial charge in [-0.3, -0.25) is 0 Å². The van der Waals surface area contributed by atoms with Crippen molar-refractivity contribution in [1.29, 1.82) is 0 Å². The molecule has 0 unspecified atom stereocenters. The number of carbonyl (C=O) groups is 1. The number of hydrogen-bond acceptors (Lipinski definition) is 2. The van der Waals surface area contributed by atoms with Crippen LogP contribution in [0.5, 0.6) is 0 Å². The number of amides is 2. The molecule has 0 spiro atoms. The van der Waals surface area contributed by atoms with E-state index in [4.69, 9.17) is 4.42 Å². The Balaban J connectivity index is 1.76. The van der Waals surface area contributed by atoms with Crippen LogP contribution in [0.3, 0.4) is 0 Å². The minimum Gasteiger partial charge on any atom is -0.469 e. The first-order valence-corrected chi connectivity index (χ1v) is 7.16. The van der Waals surface area contributed by atoms with E-state index in [1.807, 2.05) is 12.1 Å². The molecule has 19 heavy (non-hydrogen) atoms. The summed E-state index contributed by atoms with van der Waals surface area (Å²) in [6.45, 7) is 4.69. The molecule has 2 rings (SSSR count). The predicted octanol–water partition coefficient (Wildman–Crippen LogP) is 3.19. The van der Waals surface area contributed by atoms with Crippen molar-refractivity contribution in [3.05, 3.63) is 24.2 Å². The van der Waals surface area contributed by atoms with E-state index in [0.29, 0.717) is 12.6 Å². The topological polar surface area (TPSA) is 54.3 Å². The third kappa shape index (κ3) is 4.01. The quantitative estimate of drug-likeness (QED) is 0.877. The predicted molar refractivity (Wildman–Crippen MR) is 75.1 cm³/mol. The summed E-state index contributed by atoms with van der Waals surface area (Å²) in [6.07, 6.45) is 7.63. The van der Waals surface area contributed by atoms with Crippen LogP contribution in [0.1, 0.15) is 51.7 Å². The van der Waals surface area contributed by atoms with Gasteiger partial charge in [-0.1, -0.05) is 33.1 Å². The summed E-state index contributed by atoms with van der Waals surface area (Å²) in [5, 5.41) is 6.00. The van der Waals surface area contributed by atoms with Crippen LogP contribution in [0.4, 0.5) is 4.79 Å². The van der Waals surface area contributed by atoms with Gasteiger partial charge in [-0.2, -0.15) is 0 Å². The summed E-state index contributed by atoms with van der Waals surface area (Å²) < 4.78 is 5.41. The Bertz CT molecular complexity index is 392. The maximum absolute atomic E-state index is 11.9. The monoisotopic (exact) mass is 264 g/mol. The Morgan fingerprint density at radius 3 is 2.74 bits per heavy atom. The molecule has 1 aromatic heterocycles. The normalized spacial score (nSPS) is 17.2. The van der Waals surface area contributed by atoms with E-state index in [1.165, 1.54) is 19.3 Å². The maximum Gasteiger partial charge on any atom is 0.315 e. The van der Waals surface area contributed by atoms with Gasteiger partial charge in [0.1, 0.15) is 5.76 Å². The van der Waals surface area contributed by atoms with E-state index in [9.17, 15) is 4.79 Å². The van der Waals surface area contributed by atoms with Crippen LogP contribution in [0, 0.1) is 0 Å². The molecule has 1 heterocycles. The summed E-state index contributed by atoms with van der Waals surface area (Å²) in [7, 11) is 0. The molecule has 1 aliphatic carbocycles. The Kier molecular flexibility index (Phi) is 4.51. The van der Waals surface area contributed by atoms with E-state index < -0.39 is 0 Å². The minimum atomic E-state index is -0.187. The van der Waals surface area contributed by atoms with Crippen molar-refractivity contribution in [3.8, 4) is 0 Å². The molecular weight excluding hydrogens is 240 g/mol. The van der Waals surface area contributed by atoms with E-state index in [0.717, 1.165) is 18.6 Å². The van der Waals surface area contributed by atoms with Crippen molar-refractivity contribution in [3.63, 3.8) is 0 Å². The van der Waals surface area contributed by atoms with Gasteiger partial charge in [-0.25, -0.2) is 4.79 Å². The fourth-order valence-corrected chi connectivity index (χ4v) is 2.54. The average molecular weight is 264 g/mol. The van der Waals surface area contributed by atoms with Crippen molar-refractivity contribution in [2.75, 3.05) is 6.54 Å². The van der Waals surface area contributed by atoms with Gasteiger partial charge in [-0.05, 0) is 25.0 Å². The second-order valence-corrected chi connectivity index (χ2v) is 6.02. The molecule has 4 heteroatoms. The molecule has 0 bridgehead atoms. The number of carbonyl (C=O) groups excluding carboxylic acids is 1. The zero-order valence-corrected chi connectivity index (χ0v) is 11.9. The lowest BCUT2D eigenvalue weighted by atomic mass is 9.90. The summed E-state index contributed by atoms with van der Waals surface area (Å²) in [4.78, 5) is 11.9. The van der Waals surface area contributed by atoms with Crippen molar-refractivity contribution >= 4 is 6.03 Å². The number of rotatable bonds is 4. The van der Waals surface area contributed by atoms with Crippen LogP contribution in [-0.4, -0.2) is 18.6 Å². The van der Waals surface area contributed by atoms with Crippen LogP contribution in [0.2, 0.25) is 0 Å². The lowest BCUT2D eigenvalue weighted by molar-refractivity contribution is 0.229. The number of urea groups is 1. The Labute approximate surface area is 114 Å². The van der Waals surface area contributed by atoms with E-state index in [1.54, 1.807) is 6.26 Å². The molecule has 106 valence electrons. The highest BCUT2D eigenvalue weighted by molar-refractivity contribution is 5.74. The van der Waals surface area contributed by atoms with E-state index >= 15 is 0 Å². The molecule has 4 nitrogen and oxygen atoms in total. The fraction of sp³-hybridized carbons (Fsp3) is 0.667. The van der Waals surface area contributed by atoms with Gasteiger partial charge in [-0.15, -0.1) is 0 Å². The van der Waals surface area contributed by atoms with Crippen molar-refractivity contribution in [1.82, 2.24) is 10.6 Å². The summed E-state index contributed by atoms with van der Waals surface area (Å²) in [6, 6.07) is 4.10. The van der Waals surface area contributed by atoms with Gasteiger partial charge in [0.05, 0.1) is 6.26 Å². The molecular formula is C15H24N2O2. The van der Waals surface area contributed by atoms with Crippen LogP contribution in [-0.2, 0) is 5.41 Å². The lowest BCUT2D eigenvalue weighted by Gasteiger charge is -2.25. The molecule has 0 atom stereocenters. The third-order valence-electron chi connectivity index (χ3n) is 3.82. The molecule has 1 aliphatic rings. The average Bonchev–Trinajstić information content (AvgIpc) is 2.92. The first-order valence-electron chi connectivity index (χ1n) is 7.16. The lowest BCUT2D eigenvalue weighted by Crippen LogP contribution is -2.46. The van der Waals surface area contributed by atoms with Crippen molar-refractivity contribution in [2.24, 2.45) is 0 Å². The number of nitrogens with one attached hydrogen (secondary N) is 2.